The van der Waals surface area contributed by atoms with E-state index in [1.54, 1.807) is 6.92 Å². The molecule has 0 spiro atoms. The second kappa shape index (κ2) is 12.0. The molecule has 0 radical (unpaired) electrons. The number of halogens is 1. The number of nitrogen functional groups attached to an aromatic ring is 1. The number of ether oxygens (including phenoxy) is 1. The molecule has 0 unspecified atom stereocenters. The molecule has 2 fully saturated rings. The summed E-state index contributed by atoms with van der Waals surface area (Å²) in [7, 11) is 0. The molecular weight excluding hydrogens is 534 g/mol. The first-order valence-corrected chi connectivity index (χ1v) is 14.1. The number of nitrogens with zero attached hydrogens (tertiary/aromatic N) is 2. The summed E-state index contributed by atoms with van der Waals surface area (Å²) in [6.07, 6.45) is 4.66. The Morgan fingerprint density at radius 2 is 1.84 bits per heavy atom. The number of carbonyl (C=O) groups excluding carboxylic acids is 1. The molecule has 8 nitrogen and oxygen atoms in total. The van der Waals surface area contributed by atoms with Crippen molar-refractivity contribution in [2.45, 2.75) is 72.0 Å². The molecule has 2 aliphatic rings. The third-order valence-corrected chi connectivity index (χ3v) is 8.54. The summed E-state index contributed by atoms with van der Waals surface area (Å²) in [6, 6.07) is 5.08. The lowest BCUT2D eigenvalue weighted by molar-refractivity contribution is 0.00730. The number of aromatic nitrogens is 1. The summed E-state index contributed by atoms with van der Waals surface area (Å²) in [4.78, 5) is 34.1. The zero-order valence-corrected chi connectivity index (χ0v) is 24.0. The van der Waals surface area contributed by atoms with Crippen LogP contribution in [0.3, 0.4) is 0 Å². The van der Waals surface area contributed by atoms with Crippen molar-refractivity contribution in [3.05, 3.63) is 54.9 Å². The van der Waals surface area contributed by atoms with E-state index < -0.39 is 0 Å². The minimum absolute atomic E-state index is 0.120. The number of aryl methyl sites for hydroxylation is 2. The largest absolute Gasteiger partial charge is 0.394 e. The Morgan fingerprint density at radius 1 is 1.16 bits per heavy atom. The molecule has 1 amide bonds. The number of nitrogens with one attached hydrogen (secondary N) is 2. The number of rotatable bonds is 7. The third-order valence-electron chi connectivity index (χ3n) is 8.08. The molecule has 2 heterocycles. The van der Waals surface area contributed by atoms with Crippen molar-refractivity contribution in [2.24, 2.45) is 0 Å². The van der Waals surface area contributed by atoms with E-state index in [1.165, 1.54) is 12.8 Å². The molecule has 4 N–H and O–H groups in total. The van der Waals surface area contributed by atoms with Crippen LogP contribution in [0.2, 0.25) is 0 Å². The normalized spacial score (nSPS) is 20.6. The zero-order valence-electron chi connectivity index (χ0n) is 22.5. The predicted octanol–water partition coefficient (Wildman–Crippen LogP) is 4.04. The Labute approximate surface area is 228 Å². The first-order chi connectivity index (χ1) is 17.7. The summed E-state index contributed by atoms with van der Waals surface area (Å²) in [5, 5.41) is 2.95. The van der Waals surface area contributed by atoms with Gasteiger partial charge < -0.3 is 25.7 Å². The maximum Gasteiger partial charge on any atom is 0.251 e. The molecule has 0 atom stereocenters. The molecule has 1 aromatic heterocycles. The van der Waals surface area contributed by atoms with Crippen LogP contribution in [0.4, 0.5) is 11.4 Å². The van der Waals surface area contributed by atoms with Crippen molar-refractivity contribution in [3.63, 3.8) is 0 Å². The summed E-state index contributed by atoms with van der Waals surface area (Å²) >= 11 is 3.64. The molecule has 202 valence electrons. The summed E-state index contributed by atoms with van der Waals surface area (Å²) in [6.45, 7) is 12.6. The molecule has 1 aromatic carbocycles. The fraction of sp³-hybridized carbons (Fsp3) is 0.571. The number of pyridine rings is 1. The smallest absolute Gasteiger partial charge is 0.251 e. The number of aromatic amines is 1. The first kappa shape index (κ1) is 27.7. The Morgan fingerprint density at radius 3 is 2.49 bits per heavy atom. The van der Waals surface area contributed by atoms with Gasteiger partial charge in [0.2, 0.25) is 5.43 Å². The number of carbonyl (C=O) groups is 1. The van der Waals surface area contributed by atoms with Crippen molar-refractivity contribution in [3.8, 4) is 0 Å². The van der Waals surface area contributed by atoms with E-state index >= 15 is 0 Å². The van der Waals surface area contributed by atoms with Gasteiger partial charge in [-0.3, -0.25) is 14.5 Å². The number of hydrogen-bond acceptors (Lipinski definition) is 6. The molecule has 1 saturated heterocycles. The Hall–Kier alpha value is -2.36. The van der Waals surface area contributed by atoms with Crippen LogP contribution in [0.5, 0.6) is 0 Å². The van der Waals surface area contributed by atoms with E-state index in [0.29, 0.717) is 34.6 Å². The standard InChI is InChI=1S/C28H40BrN5O3/c1-5-34(22-8-6-21(7-9-22)33-10-12-37-13-11-33)25-15-20(29)14-23(17(25)2)28(36)31-16-24-18(3)32-19(4)26(30)27(24)35/h14-15,21-22H,5-13,16,30H2,1-4H3,(H,31,36)(H,32,35). The quantitative estimate of drug-likeness (QED) is 0.461. The van der Waals surface area contributed by atoms with Gasteiger partial charge in [-0.25, -0.2) is 0 Å². The van der Waals surface area contributed by atoms with Crippen LogP contribution in [0.25, 0.3) is 0 Å². The highest BCUT2D eigenvalue weighted by molar-refractivity contribution is 9.10. The Kier molecular flexibility index (Phi) is 8.98. The van der Waals surface area contributed by atoms with Crippen LogP contribution in [0.1, 0.15) is 65.5 Å². The van der Waals surface area contributed by atoms with Crippen LogP contribution in [0, 0.1) is 20.8 Å². The van der Waals surface area contributed by atoms with E-state index in [0.717, 1.165) is 61.4 Å². The average molecular weight is 575 g/mol. The van der Waals surface area contributed by atoms with Crippen LogP contribution >= 0.6 is 15.9 Å². The Balaban J connectivity index is 1.49. The molecule has 1 saturated carbocycles. The van der Waals surface area contributed by atoms with Crippen LogP contribution in [-0.4, -0.2) is 60.7 Å². The number of nitrogens with two attached hydrogens (primary N) is 1. The van der Waals surface area contributed by atoms with Gasteiger partial charge >= 0.3 is 0 Å². The van der Waals surface area contributed by atoms with Crippen LogP contribution in [-0.2, 0) is 11.3 Å². The molecule has 9 heteroatoms. The minimum atomic E-state index is -0.231. The van der Waals surface area contributed by atoms with Crippen LogP contribution < -0.4 is 21.4 Å². The van der Waals surface area contributed by atoms with Gasteiger partial charge in [-0.05, 0) is 71.1 Å². The van der Waals surface area contributed by atoms with Gasteiger partial charge in [-0.2, -0.15) is 0 Å². The van der Waals surface area contributed by atoms with Gasteiger partial charge in [-0.1, -0.05) is 15.9 Å². The molecule has 0 bridgehead atoms. The highest BCUT2D eigenvalue weighted by atomic mass is 79.9. The number of benzene rings is 1. The predicted molar refractivity (Wildman–Crippen MR) is 152 cm³/mol. The summed E-state index contributed by atoms with van der Waals surface area (Å²) in [5.41, 5.74) is 10.4. The molecule has 37 heavy (non-hydrogen) atoms. The van der Waals surface area contributed by atoms with E-state index in [4.69, 9.17) is 10.5 Å². The number of H-pyrrole nitrogens is 1. The zero-order chi connectivity index (χ0) is 26.7. The first-order valence-electron chi connectivity index (χ1n) is 13.4. The SMILES string of the molecule is CCN(c1cc(Br)cc(C(=O)NCc2c(C)[nH]c(C)c(N)c2=O)c1C)C1CCC(N2CCOCC2)CC1. The van der Waals surface area contributed by atoms with Crippen LogP contribution in [0.15, 0.2) is 21.4 Å². The van der Waals surface area contributed by atoms with E-state index in [-0.39, 0.29) is 23.6 Å². The number of hydrogen-bond donors (Lipinski definition) is 3. The second-order valence-electron chi connectivity index (χ2n) is 10.3. The number of morpholine rings is 1. The van der Waals surface area contributed by atoms with Gasteiger partial charge in [0.25, 0.3) is 5.91 Å². The van der Waals surface area contributed by atoms with E-state index in [9.17, 15) is 9.59 Å². The third kappa shape index (κ3) is 6.04. The lowest BCUT2D eigenvalue weighted by Crippen LogP contribution is -2.48. The highest BCUT2D eigenvalue weighted by Gasteiger charge is 2.30. The van der Waals surface area contributed by atoms with Crippen molar-refractivity contribution < 1.29 is 9.53 Å². The lowest BCUT2D eigenvalue weighted by Gasteiger charge is -2.43. The Bertz CT molecular complexity index is 1180. The monoisotopic (exact) mass is 573 g/mol. The second-order valence-corrected chi connectivity index (χ2v) is 11.2. The minimum Gasteiger partial charge on any atom is -0.394 e. The summed E-state index contributed by atoms with van der Waals surface area (Å²) in [5.74, 6) is -0.204. The van der Waals surface area contributed by atoms with E-state index in [1.807, 2.05) is 19.9 Å². The maximum absolute atomic E-state index is 13.3. The maximum atomic E-state index is 13.3. The highest BCUT2D eigenvalue weighted by Crippen LogP contribution is 2.34. The molecule has 2 aromatic rings. The number of anilines is 2. The van der Waals surface area contributed by atoms with Gasteiger partial charge in [0, 0.05) is 70.9 Å². The van der Waals surface area contributed by atoms with Crippen molar-refractivity contribution in [1.29, 1.82) is 0 Å². The molecule has 4 rings (SSSR count). The molecular formula is C28H40BrN5O3. The fourth-order valence-corrected chi connectivity index (χ4v) is 6.35. The van der Waals surface area contributed by atoms with Gasteiger partial charge in [0.05, 0.1) is 18.9 Å². The molecule has 1 aliphatic carbocycles. The number of amides is 1. The van der Waals surface area contributed by atoms with Gasteiger partial charge in [0.15, 0.2) is 0 Å². The lowest BCUT2D eigenvalue weighted by atomic mass is 9.88. The van der Waals surface area contributed by atoms with E-state index in [2.05, 4.69) is 49.0 Å². The summed E-state index contributed by atoms with van der Waals surface area (Å²) < 4.78 is 6.40. The average Bonchev–Trinajstić information content (AvgIpc) is 2.90. The van der Waals surface area contributed by atoms with Crippen molar-refractivity contribution in [2.75, 3.05) is 43.5 Å². The van der Waals surface area contributed by atoms with Gasteiger partial charge in [-0.15, -0.1) is 0 Å². The van der Waals surface area contributed by atoms with Gasteiger partial charge in [0.1, 0.15) is 0 Å². The topological polar surface area (TPSA) is 104 Å². The van der Waals surface area contributed by atoms with Crippen molar-refractivity contribution >= 4 is 33.2 Å². The fourth-order valence-electron chi connectivity index (χ4n) is 5.91. The molecule has 1 aliphatic heterocycles. The van der Waals surface area contributed by atoms with Crippen molar-refractivity contribution in [1.82, 2.24) is 15.2 Å².